The van der Waals surface area contributed by atoms with Gasteiger partial charge in [0.25, 0.3) is 0 Å². The van der Waals surface area contributed by atoms with E-state index in [1.165, 1.54) is 18.0 Å². The second-order valence-corrected chi connectivity index (χ2v) is 7.17. The normalized spacial score (nSPS) is 10.8. The average Bonchev–Trinajstić information content (AvgIpc) is 2.64. The molecule has 0 saturated carbocycles. The maximum atomic E-state index is 11.6. The van der Waals surface area contributed by atoms with Crippen LogP contribution in [0.4, 0.5) is 17.2 Å². The summed E-state index contributed by atoms with van der Waals surface area (Å²) in [6, 6.07) is 11.6. The maximum absolute atomic E-state index is 11.6. The Morgan fingerprint density at radius 3 is 2.67 bits per heavy atom. The van der Waals surface area contributed by atoms with Gasteiger partial charge >= 0.3 is 0 Å². The number of halogens is 1. The Hall–Kier alpha value is -2.77. The second-order valence-electron chi connectivity index (χ2n) is 6.32. The minimum Gasteiger partial charge on any atom is -0.340 e. The first-order valence-electron chi connectivity index (χ1n) is 8.34. The largest absolute Gasteiger partial charge is 0.340 e. The van der Waals surface area contributed by atoms with Crippen LogP contribution in [0.25, 0.3) is 10.9 Å². The molecule has 0 unspecified atom stereocenters. The molecule has 0 radical (unpaired) electrons. The van der Waals surface area contributed by atoms with E-state index in [9.17, 15) is 4.79 Å². The van der Waals surface area contributed by atoms with Crippen molar-refractivity contribution in [2.45, 2.75) is 6.54 Å². The van der Waals surface area contributed by atoms with E-state index in [0.717, 1.165) is 27.6 Å². The van der Waals surface area contributed by atoms with E-state index in [1.807, 2.05) is 38.4 Å². The highest BCUT2D eigenvalue weighted by atomic mass is 79.9. The standard InChI is InChI=1S/C20H20BrN5O/c1-4-19(27)24-14-7-8-18-16(9-14)20(23-12-22-18)25-15-6-5-13(11-26(2)3)17(21)10-15/h4-10,12H,1,11H2,2-3H3,(H,24,27)(H,22,23,25). The van der Waals surface area contributed by atoms with Gasteiger partial charge in [-0.05, 0) is 56.1 Å². The zero-order valence-electron chi connectivity index (χ0n) is 15.2. The smallest absolute Gasteiger partial charge is 0.247 e. The molecule has 138 valence electrons. The summed E-state index contributed by atoms with van der Waals surface area (Å²) in [6.07, 6.45) is 2.75. The molecule has 0 aliphatic rings. The summed E-state index contributed by atoms with van der Waals surface area (Å²) < 4.78 is 1.03. The number of anilines is 3. The van der Waals surface area contributed by atoms with Gasteiger partial charge in [-0.15, -0.1) is 0 Å². The lowest BCUT2D eigenvalue weighted by molar-refractivity contribution is -0.111. The first kappa shape index (κ1) is 19.0. The minimum absolute atomic E-state index is 0.263. The van der Waals surface area contributed by atoms with E-state index in [1.54, 1.807) is 6.07 Å². The van der Waals surface area contributed by atoms with Crippen LogP contribution in [0.3, 0.4) is 0 Å². The summed E-state index contributed by atoms with van der Waals surface area (Å²) >= 11 is 3.63. The Labute approximate surface area is 166 Å². The number of nitrogens with one attached hydrogen (secondary N) is 2. The van der Waals surface area contributed by atoms with Crippen molar-refractivity contribution < 1.29 is 4.79 Å². The van der Waals surface area contributed by atoms with Crippen molar-refractivity contribution in [3.8, 4) is 0 Å². The van der Waals surface area contributed by atoms with Crippen molar-refractivity contribution >= 4 is 49.9 Å². The molecular weight excluding hydrogens is 406 g/mol. The van der Waals surface area contributed by atoms with Crippen LogP contribution in [0.2, 0.25) is 0 Å². The van der Waals surface area contributed by atoms with E-state index >= 15 is 0 Å². The first-order valence-corrected chi connectivity index (χ1v) is 9.14. The topological polar surface area (TPSA) is 70.1 Å². The highest BCUT2D eigenvalue weighted by molar-refractivity contribution is 9.10. The molecule has 7 heteroatoms. The van der Waals surface area contributed by atoms with Crippen molar-refractivity contribution in [1.29, 1.82) is 0 Å². The number of carbonyl (C=O) groups excluding carboxylic acids is 1. The molecule has 0 bridgehead atoms. The molecule has 1 aromatic heterocycles. The molecule has 2 N–H and O–H groups in total. The van der Waals surface area contributed by atoms with Gasteiger partial charge in [-0.3, -0.25) is 4.79 Å². The zero-order chi connectivity index (χ0) is 19.4. The molecule has 6 nitrogen and oxygen atoms in total. The fourth-order valence-electron chi connectivity index (χ4n) is 2.66. The summed E-state index contributed by atoms with van der Waals surface area (Å²) in [6.45, 7) is 4.32. The van der Waals surface area contributed by atoms with Gasteiger partial charge in [0.15, 0.2) is 0 Å². The molecule has 3 rings (SSSR count). The van der Waals surface area contributed by atoms with Crippen LogP contribution in [0.1, 0.15) is 5.56 Å². The molecule has 0 spiro atoms. The van der Waals surface area contributed by atoms with Crippen LogP contribution in [0, 0.1) is 0 Å². The second kappa shape index (κ2) is 8.28. The zero-order valence-corrected chi connectivity index (χ0v) is 16.7. The van der Waals surface area contributed by atoms with Crippen LogP contribution in [-0.4, -0.2) is 34.9 Å². The Kier molecular flexibility index (Phi) is 5.83. The lowest BCUT2D eigenvalue weighted by Crippen LogP contribution is -2.11. The molecule has 1 heterocycles. The van der Waals surface area contributed by atoms with E-state index in [-0.39, 0.29) is 5.91 Å². The van der Waals surface area contributed by atoms with Gasteiger partial charge in [0.05, 0.1) is 5.52 Å². The molecule has 0 atom stereocenters. The number of hydrogen-bond donors (Lipinski definition) is 2. The Balaban J connectivity index is 1.92. The van der Waals surface area contributed by atoms with Crippen LogP contribution < -0.4 is 10.6 Å². The lowest BCUT2D eigenvalue weighted by Gasteiger charge is -2.14. The number of carbonyl (C=O) groups is 1. The number of fused-ring (bicyclic) bond motifs is 1. The summed E-state index contributed by atoms with van der Waals surface area (Å²) in [4.78, 5) is 22.3. The summed E-state index contributed by atoms with van der Waals surface area (Å²) in [7, 11) is 4.07. The third kappa shape index (κ3) is 4.69. The first-order chi connectivity index (χ1) is 13.0. The predicted molar refractivity (Wildman–Crippen MR) is 113 cm³/mol. The number of hydrogen-bond acceptors (Lipinski definition) is 5. The molecule has 3 aromatic rings. The third-order valence-corrected chi connectivity index (χ3v) is 4.63. The number of benzene rings is 2. The van der Waals surface area contributed by atoms with Crippen molar-refractivity contribution in [3.05, 3.63) is 65.4 Å². The van der Waals surface area contributed by atoms with Crippen molar-refractivity contribution in [2.24, 2.45) is 0 Å². The Morgan fingerprint density at radius 1 is 1.19 bits per heavy atom. The lowest BCUT2D eigenvalue weighted by atomic mass is 10.1. The highest BCUT2D eigenvalue weighted by Crippen LogP contribution is 2.28. The SMILES string of the molecule is C=CC(=O)Nc1ccc2ncnc(Nc3ccc(CN(C)C)c(Br)c3)c2c1. The molecule has 0 aliphatic heterocycles. The number of nitrogens with zero attached hydrogens (tertiary/aromatic N) is 3. The van der Waals surface area contributed by atoms with Crippen molar-refractivity contribution in [1.82, 2.24) is 14.9 Å². The van der Waals surface area contributed by atoms with Gasteiger partial charge in [-0.1, -0.05) is 28.6 Å². The van der Waals surface area contributed by atoms with E-state index in [2.05, 4.69) is 54.1 Å². The predicted octanol–water partition coefficient (Wildman–Crippen LogP) is 4.32. The fourth-order valence-corrected chi connectivity index (χ4v) is 3.16. The van der Waals surface area contributed by atoms with E-state index in [0.29, 0.717) is 11.5 Å². The van der Waals surface area contributed by atoms with Crippen LogP contribution in [0.5, 0.6) is 0 Å². The van der Waals surface area contributed by atoms with Gasteiger partial charge in [-0.2, -0.15) is 0 Å². The Bertz CT molecular complexity index is 1000. The fraction of sp³-hybridized carbons (Fsp3) is 0.150. The molecule has 0 saturated heterocycles. The van der Waals surface area contributed by atoms with E-state index < -0.39 is 0 Å². The summed E-state index contributed by atoms with van der Waals surface area (Å²) in [5, 5.41) is 6.91. The minimum atomic E-state index is -0.263. The Morgan fingerprint density at radius 2 is 1.96 bits per heavy atom. The molecule has 27 heavy (non-hydrogen) atoms. The van der Waals surface area contributed by atoms with Crippen LogP contribution in [0.15, 0.2) is 59.9 Å². The van der Waals surface area contributed by atoms with Crippen LogP contribution in [-0.2, 0) is 11.3 Å². The summed E-state index contributed by atoms with van der Waals surface area (Å²) in [5.74, 6) is 0.406. The van der Waals surface area contributed by atoms with Gasteiger partial charge in [0, 0.05) is 27.8 Å². The van der Waals surface area contributed by atoms with Crippen molar-refractivity contribution in [3.63, 3.8) is 0 Å². The quantitative estimate of drug-likeness (QED) is 0.575. The molecular formula is C20H20BrN5O. The van der Waals surface area contributed by atoms with Gasteiger partial charge < -0.3 is 15.5 Å². The molecule has 2 aromatic carbocycles. The van der Waals surface area contributed by atoms with Gasteiger partial charge in [-0.25, -0.2) is 9.97 Å². The van der Waals surface area contributed by atoms with Gasteiger partial charge in [0.1, 0.15) is 12.1 Å². The van der Waals surface area contributed by atoms with Crippen LogP contribution >= 0.6 is 15.9 Å². The molecule has 0 fully saturated rings. The number of rotatable bonds is 6. The maximum Gasteiger partial charge on any atom is 0.247 e. The highest BCUT2D eigenvalue weighted by Gasteiger charge is 2.08. The van der Waals surface area contributed by atoms with Crippen molar-refractivity contribution in [2.75, 3.05) is 24.7 Å². The monoisotopic (exact) mass is 425 g/mol. The number of amides is 1. The van der Waals surface area contributed by atoms with E-state index in [4.69, 9.17) is 0 Å². The molecule has 0 aliphatic carbocycles. The summed E-state index contributed by atoms with van der Waals surface area (Å²) in [5.41, 5.74) is 3.55. The molecule has 1 amide bonds. The number of aromatic nitrogens is 2. The van der Waals surface area contributed by atoms with Gasteiger partial charge in [0.2, 0.25) is 5.91 Å². The average molecular weight is 426 g/mol. The third-order valence-electron chi connectivity index (χ3n) is 3.89.